The van der Waals surface area contributed by atoms with Crippen LogP contribution in [0.15, 0.2) is 16.9 Å². The summed E-state index contributed by atoms with van der Waals surface area (Å²) in [7, 11) is 0. The highest BCUT2D eigenvalue weighted by molar-refractivity contribution is 6.29. The van der Waals surface area contributed by atoms with Crippen LogP contribution in [0.2, 0.25) is 5.15 Å². The quantitative estimate of drug-likeness (QED) is 0.291. The van der Waals surface area contributed by atoms with E-state index in [0.717, 1.165) is 51.5 Å². The first kappa shape index (κ1) is 26.9. The number of hydrogen-bond acceptors (Lipinski definition) is 6. The largest absolute Gasteiger partial charge is 0.460 e. The Morgan fingerprint density at radius 1 is 1.25 bits per heavy atom. The molecule has 2 fully saturated rings. The number of ether oxygens (including phenoxy) is 1. The second-order valence-corrected chi connectivity index (χ2v) is 12.6. The lowest BCUT2D eigenvalue weighted by molar-refractivity contribution is -0.160. The second kappa shape index (κ2) is 10.3. The van der Waals surface area contributed by atoms with Gasteiger partial charge in [-0.25, -0.2) is 9.97 Å². The summed E-state index contributed by atoms with van der Waals surface area (Å²) in [4.78, 5) is 34.8. The lowest BCUT2D eigenvalue weighted by atomic mass is 9.58. The highest BCUT2D eigenvalue weighted by Gasteiger charge is 2.42. The Morgan fingerprint density at radius 3 is 2.56 bits per heavy atom. The van der Waals surface area contributed by atoms with Crippen molar-refractivity contribution in [2.75, 3.05) is 11.9 Å². The fourth-order valence-electron chi connectivity index (χ4n) is 5.61. The van der Waals surface area contributed by atoms with E-state index in [4.69, 9.17) is 16.3 Å². The van der Waals surface area contributed by atoms with Gasteiger partial charge in [0.1, 0.15) is 16.3 Å². The van der Waals surface area contributed by atoms with Crippen molar-refractivity contribution < 1.29 is 9.53 Å². The first-order chi connectivity index (χ1) is 16.9. The molecule has 0 aliphatic heterocycles. The lowest BCUT2D eigenvalue weighted by Crippen LogP contribution is -2.41. The number of carbonyl (C=O) groups is 1. The average molecular weight is 517 g/mol. The highest BCUT2D eigenvalue weighted by atomic mass is 35.5. The number of nitrogens with zero attached hydrogens (tertiary/aromatic N) is 3. The Balaban J connectivity index is 1.38. The van der Waals surface area contributed by atoms with Crippen LogP contribution in [0, 0.1) is 23.2 Å². The summed E-state index contributed by atoms with van der Waals surface area (Å²) in [5.41, 5.74) is 0.937. The number of rotatable bonds is 10. The van der Waals surface area contributed by atoms with Crippen LogP contribution in [0.25, 0.3) is 11.2 Å². The molecule has 2 atom stereocenters. The monoisotopic (exact) mass is 516 g/mol. The molecule has 36 heavy (non-hydrogen) atoms. The third-order valence-corrected chi connectivity index (χ3v) is 8.29. The van der Waals surface area contributed by atoms with Crippen molar-refractivity contribution in [3.63, 3.8) is 0 Å². The van der Waals surface area contributed by atoms with Crippen molar-refractivity contribution in [2.24, 2.45) is 23.2 Å². The summed E-state index contributed by atoms with van der Waals surface area (Å²) in [5, 5.41) is 3.74. The van der Waals surface area contributed by atoms with Crippen molar-refractivity contribution in [3.05, 3.63) is 27.6 Å². The van der Waals surface area contributed by atoms with E-state index in [1.807, 2.05) is 33.8 Å². The van der Waals surface area contributed by atoms with Gasteiger partial charge in [0.05, 0.1) is 5.92 Å². The maximum atomic E-state index is 13.4. The molecule has 4 rings (SSSR count). The van der Waals surface area contributed by atoms with Crippen LogP contribution in [0.1, 0.15) is 92.5 Å². The van der Waals surface area contributed by atoms with E-state index in [0.29, 0.717) is 34.0 Å². The number of esters is 1. The molecular weight excluding hydrogens is 476 g/mol. The molecule has 1 N–H and O–H groups in total. The van der Waals surface area contributed by atoms with Crippen molar-refractivity contribution in [3.8, 4) is 0 Å². The van der Waals surface area contributed by atoms with Gasteiger partial charge < -0.3 is 10.1 Å². The molecule has 0 saturated heterocycles. The molecule has 0 bridgehead atoms. The Morgan fingerprint density at radius 2 is 1.94 bits per heavy atom. The van der Waals surface area contributed by atoms with Gasteiger partial charge in [0, 0.05) is 12.6 Å². The van der Waals surface area contributed by atoms with Gasteiger partial charge in [-0.3, -0.25) is 14.2 Å². The van der Waals surface area contributed by atoms with Crippen LogP contribution in [-0.4, -0.2) is 32.7 Å². The molecular formula is C28H41ClN4O3. The summed E-state index contributed by atoms with van der Waals surface area (Å²) in [6.07, 6.45) is 7.41. The third kappa shape index (κ3) is 6.04. The molecule has 2 aromatic rings. The van der Waals surface area contributed by atoms with Crippen LogP contribution in [0.4, 0.5) is 5.82 Å². The number of aromatic nitrogens is 3. The van der Waals surface area contributed by atoms with Crippen molar-refractivity contribution >= 4 is 34.6 Å². The fraction of sp³-hybridized carbons (Fsp3) is 0.714. The van der Waals surface area contributed by atoms with Crippen LogP contribution < -0.4 is 10.9 Å². The van der Waals surface area contributed by atoms with Gasteiger partial charge in [-0.1, -0.05) is 31.9 Å². The van der Waals surface area contributed by atoms with Gasteiger partial charge in [-0.15, -0.1) is 0 Å². The normalized spacial score (nSPS) is 23.7. The molecule has 2 heterocycles. The van der Waals surface area contributed by atoms with E-state index in [1.165, 1.54) is 0 Å². The molecule has 7 nitrogen and oxygen atoms in total. The SMILES string of the molecule is CCC1(CCC(C)C(=O)OC(C)(C)C)CC(CNc2nc3ccc(Cl)nc3n(C(C)C3CC3)c2=O)C1. The minimum atomic E-state index is -0.449. The number of carbonyl (C=O) groups excluding carboxylic acids is 1. The van der Waals surface area contributed by atoms with Gasteiger partial charge in [0.2, 0.25) is 0 Å². The number of hydrogen-bond donors (Lipinski definition) is 1. The maximum Gasteiger partial charge on any atom is 0.309 e. The third-order valence-electron chi connectivity index (χ3n) is 8.08. The van der Waals surface area contributed by atoms with Crippen molar-refractivity contribution in [1.82, 2.24) is 14.5 Å². The minimum Gasteiger partial charge on any atom is -0.460 e. The van der Waals surface area contributed by atoms with E-state index in [1.54, 1.807) is 10.6 Å². The number of nitrogens with one attached hydrogen (secondary N) is 1. The Labute approximate surface area is 219 Å². The first-order valence-electron chi connectivity index (χ1n) is 13.5. The van der Waals surface area contributed by atoms with Crippen molar-refractivity contribution in [1.29, 1.82) is 0 Å². The van der Waals surface area contributed by atoms with E-state index >= 15 is 0 Å². The predicted molar refractivity (Wildman–Crippen MR) is 144 cm³/mol. The summed E-state index contributed by atoms with van der Waals surface area (Å²) < 4.78 is 7.33. The van der Waals surface area contributed by atoms with E-state index in [2.05, 4.69) is 29.1 Å². The zero-order valence-electron chi connectivity index (χ0n) is 22.6. The molecule has 0 amide bonds. The molecule has 2 aliphatic carbocycles. The van der Waals surface area contributed by atoms with Gasteiger partial charge in [0.25, 0.3) is 5.56 Å². The van der Waals surface area contributed by atoms with Crippen LogP contribution in [-0.2, 0) is 9.53 Å². The highest BCUT2D eigenvalue weighted by Crippen LogP contribution is 2.52. The van der Waals surface area contributed by atoms with Crippen LogP contribution in [0.3, 0.4) is 0 Å². The molecule has 8 heteroatoms. The lowest BCUT2D eigenvalue weighted by Gasteiger charge is -2.48. The second-order valence-electron chi connectivity index (χ2n) is 12.2. The summed E-state index contributed by atoms with van der Waals surface area (Å²) in [6, 6.07) is 3.62. The topological polar surface area (TPSA) is 86.1 Å². The molecule has 0 aromatic carbocycles. The van der Waals surface area contributed by atoms with E-state index in [-0.39, 0.29) is 28.9 Å². The first-order valence-corrected chi connectivity index (χ1v) is 13.8. The smallest absolute Gasteiger partial charge is 0.309 e. The van der Waals surface area contributed by atoms with Crippen LogP contribution >= 0.6 is 11.6 Å². The zero-order valence-corrected chi connectivity index (χ0v) is 23.3. The van der Waals surface area contributed by atoms with E-state index < -0.39 is 5.60 Å². The van der Waals surface area contributed by atoms with Gasteiger partial charge >= 0.3 is 5.97 Å². The number of halogens is 1. The molecule has 198 valence electrons. The Bertz CT molecular complexity index is 1160. The molecule has 2 aromatic heterocycles. The predicted octanol–water partition coefficient (Wildman–Crippen LogP) is 6.39. The number of fused-ring (bicyclic) bond motifs is 1. The Kier molecular flexibility index (Phi) is 7.70. The van der Waals surface area contributed by atoms with Gasteiger partial charge in [0.15, 0.2) is 11.5 Å². The molecule has 2 aliphatic rings. The molecule has 2 unspecified atom stereocenters. The Hall–Kier alpha value is -2.15. The minimum absolute atomic E-state index is 0.0675. The molecule has 0 spiro atoms. The fourth-order valence-corrected chi connectivity index (χ4v) is 5.75. The summed E-state index contributed by atoms with van der Waals surface area (Å²) in [6.45, 7) is 12.7. The summed E-state index contributed by atoms with van der Waals surface area (Å²) >= 11 is 6.15. The standard InChI is InChI=1S/C28H41ClN4O3/c1-7-28(13-12-17(2)26(35)36-27(4,5)6)14-19(15-28)16-30-23-25(34)33(18(3)20-8-9-20)24-21(31-23)10-11-22(29)32-24/h10-11,17-20H,7-9,12-16H2,1-6H3,(H,30,31). The van der Waals surface area contributed by atoms with Crippen molar-refractivity contribution in [2.45, 2.75) is 98.1 Å². The van der Waals surface area contributed by atoms with E-state index in [9.17, 15) is 9.59 Å². The number of pyridine rings is 1. The zero-order chi connectivity index (χ0) is 26.3. The summed E-state index contributed by atoms with van der Waals surface area (Å²) in [5.74, 6) is 1.17. The number of anilines is 1. The molecule has 0 radical (unpaired) electrons. The van der Waals surface area contributed by atoms with Crippen LogP contribution in [0.5, 0.6) is 0 Å². The van der Waals surface area contributed by atoms with Gasteiger partial charge in [-0.2, -0.15) is 0 Å². The maximum absolute atomic E-state index is 13.4. The average Bonchev–Trinajstić information content (AvgIpc) is 3.62. The molecule has 2 saturated carbocycles. The van der Waals surface area contributed by atoms with Gasteiger partial charge in [-0.05, 0) is 95.6 Å².